The lowest BCUT2D eigenvalue weighted by Crippen LogP contribution is -2.10. The molecule has 0 heterocycles. The first-order valence-corrected chi connectivity index (χ1v) is 7.83. The Labute approximate surface area is 143 Å². The zero-order chi connectivity index (χ0) is 17.6. The van der Waals surface area contributed by atoms with E-state index in [1.54, 1.807) is 30.5 Å². The second-order valence-corrected chi connectivity index (χ2v) is 6.57. The van der Waals surface area contributed by atoms with Crippen molar-refractivity contribution in [3.8, 4) is 0 Å². The molecule has 2 aromatic rings. The summed E-state index contributed by atoms with van der Waals surface area (Å²) in [5, 5.41) is 3.96. The Morgan fingerprint density at radius 1 is 1.04 bits per heavy atom. The third kappa shape index (κ3) is 4.95. The van der Waals surface area contributed by atoms with Crippen molar-refractivity contribution in [1.82, 2.24) is 0 Å². The highest BCUT2D eigenvalue weighted by atomic mass is 16.6. The number of methoxy groups -OCH3 is 1. The van der Waals surface area contributed by atoms with Crippen LogP contribution in [0.3, 0.4) is 0 Å². The average molecular weight is 325 g/mol. The Bertz CT molecular complexity index is 695. The fraction of sp³-hybridized carbons (Fsp3) is 0.300. The van der Waals surface area contributed by atoms with Crippen molar-refractivity contribution in [1.29, 1.82) is 0 Å². The summed E-state index contributed by atoms with van der Waals surface area (Å²) in [5.41, 5.74) is 3.87. The lowest BCUT2D eigenvalue weighted by atomic mass is 9.87. The zero-order valence-corrected chi connectivity index (χ0v) is 14.6. The Kier molecular flexibility index (Phi) is 5.74. The fourth-order valence-electron chi connectivity index (χ4n) is 2.13. The van der Waals surface area contributed by atoms with Gasteiger partial charge in [-0.3, -0.25) is 0 Å². The molecule has 0 bridgehead atoms. The van der Waals surface area contributed by atoms with Crippen LogP contribution in [0, 0.1) is 0 Å². The van der Waals surface area contributed by atoms with Gasteiger partial charge in [0.1, 0.15) is 6.61 Å². The lowest BCUT2D eigenvalue weighted by molar-refractivity contribution is 0.0600. The predicted molar refractivity (Wildman–Crippen MR) is 95.3 cm³/mol. The Morgan fingerprint density at radius 2 is 1.67 bits per heavy atom. The maximum absolute atomic E-state index is 11.3. The molecule has 0 amide bonds. The van der Waals surface area contributed by atoms with Gasteiger partial charge in [-0.2, -0.15) is 0 Å². The van der Waals surface area contributed by atoms with E-state index in [0.717, 1.165) is 11.1 Å². The minimum atomic E-state index is -0.353. The van der Waals surface area contributed by atoms with E-state index < -0.39 is 0 Å². The smallest absolute Gasteiger partial charge is 0.337 e. The van der Waals surface area contributed by atoms with Gasteiger partial charge in [0.05, 0.1) is 18.9 Å². The summed E-state index contributed by atoms with van der Waals surface area (Å²) in [6.45, 7) is 6.98. The number of benzene rings is 2. The Morgan fingerprint density at radius 3 is 2.21 bits per heavy atom. The average Bonchev–Trinajstić information content (AvgIpc) is 2.58. The van der Waals surface area contributed by atoms with Crippen molar-refractivity contribution < 1.29 is 14.4 Å². The van der Waals surface area contributed by atoms with E-state index >= 15 is 0 Å². The molecule has 0 aliphatic heterocycles. The summed E-state index contributed by atoms with van der Waals surface area (Å²) in [4.78, 5) is 16.7. The van der Waals surface area contributed by atoms with Crippen LogP contribution in [0.25, 0.3) is 0 Å². The van der Waals surface area contributed by atoms with Gasteiger partial charge in [0.2, 0.25) is 0 Å². The maximum Gasteiger partial charge on any atom is 0.337 e. The van der Waals surface area contributed by atoms with E-state index in [-0.39, 0.29) is 11.4 Å². The summed E-state index contributed by atoms with van der Waals surface area (Å²) < 4.78 is 4.66. The normalized spacial score (nSPS) is 11.5. The van der Waals surface area contributed by atoms with E-state index in [2.05, 4.69) is 54.9 Å². The van der Waals surface area contributed by atoms with Gasteiger partial charge >= 0.3 is 5.97 Å². The Balaban J connectivity index is 1.87. The number of carbonyl (C=O) groups excluding carboxylic acids is 1. The first-order chi connectivity index (χ1) is 11.4. The summed E-state index contributed by atoms with van der Waals surface area (Å²) in [6.07, 6.45) is 1.62. The van der Waals surface area contributed by atoms with Gasteiger partial charge in [0.15, 0.2) is 0 Å². The molecule has 0 aliphatic rings. The van der Waals surface area contributed by atoms with Gasteiger partial charge in [-0.15, -0.1) is 0 Å². The minimum absolute atomic E-state index is 0.147. The number of ether oxygens (including phenoxy) is 1. The molecule has 126 valence electrons. The van der Waals surface area contributed by atoms with Crippen molar-refractivity contribution in [2.45, 2.75) is 32.8 Å². The highest BCUT2D eigenvalue weighted by molar-refractivity contribution is 5.90. The van der Waals surface area contributed by atoms with E-state index in [0.29, 0.717) is 12.2 Å². The molecular formula is C20H23NO3. The summed E-state index contributed by atoms with van der Waals surface area (Å²) in [5.74, 6) is -0.353. The molecule has 4 nitrogen and oxygen atoms in total. The van der Waals surface area contributed by atoms with Gasteiger partial charge in [-0.05, 0) is 34.2 Å². The molecule has 0 saturated carbocycles. The third-order valence-electron chi connectivity index (χ3n) is 3.66. The fourth-order valence-corrected chi connectivity index (χ4v) is 2.13. The van der Waals surface area contributed by atoms with Gasteiger partial charge in [0.25, 0.3) is 0 Å². The van der Waals surface area contributed by atoms with Gasteiger partial charge < -0.3 is 9.57 Å². The minimum Gasteiger partial charge on any atom is -0.465 e. The van der Waals surface area contributed by atoms with E-state index in [1.807, 2.05) is 0 Å². The quantitative estimate of drug-likeness (QED) is 0.467. The first kappa shape index (κ1) is 17.7. The second kappa shape index (κ2) is 7.77. The van der Waals surface area contributed by atoms with Crippen molar-refractivity contribution in [2.24, 2.45) is 5.16 Å². The maximum atomic E-state index is 11.3. The first-order valence-electron chi connectivity index (χ1n) is 7.83. The van der Waals surface area contributed by atoms with Crippen LogP contribution >= 0.6 is 0 Å². The molecule has 4 heteroatoms. The molecule has 0 spiro atoms. The van der Waals surface area contributed by atoms with Crippen LogP contribution in [0.15, 0.2) is 53.7 Å². The van der Waals surface area contributed by atoms with Crippen LogP contribution in [0.4, 0.5) is 0 Å². The van der Waals surface area contributed by atoms with Crippen molar-refractivity contribution in [2.75, 3.05) is 7.11 Å². The highest BCUT2D eigenvalue weighted by Gasteiger charge is 2.12. The van der Waals surface area contributed by atoms with Crippen molar-refractivity contribution >= 4 is 12.2 Å². The van der Waals surface area contributed by atoms with Crippen LogP contribution in [0.2, 0.25) is 0 Å². The molecule has 0 N–H and O–H groups in total. The standard InChI is InChI=1S/C20H23NO3/c1-20(2,3)18-11-7-16(8-12-18)14-24-21-13-15-5-9-17(10-6-15)19(22)23-4/h5-13H,14H2,1-4H3/b21-13-. The molecular weight excluding hydrogens is 302 g/mol. The number of esters is 1. The largest absolute Gasteiger partial charge is 0.465 e. The van der Waals surface area contributed by atoms with Crippen LogP contribution in [-0.2, 0) is 21.6 Å². The van der Waals surface area contributed by atoms with Crippen LogP contribution in [-0.4, -0.2) is 19.3 Å². The van der Waals surface area contributed by atoms with Crippen LogP contribution in [0.1, 0.15) is 47.8 Å². The third-order valence-corrected chi connectivity index (χ3v) is 3.66. The molecule has 0 saturated heterocycles. The topological polar surface area (TPSA) is 47.9 Å². The zero-order valence-electron chi connectivity index (χ0n) is 14.6. The number of carbonyl (C=O) groups is 1. The van der Waals surface area contributed by atoms with E-state index in [4.69, 9.17) is 4.84 Å². The van der Waals surface area contributed by atoms with Gasteiger partial charge in [0, 0.05) is 0 Å². The molecule has 0 fully saturated rings. The van der Waals surface area contributed by atoms with Crippen molar-refractivity contribution in [3.05, 3.63) is 70.8 Å². The van der Waals surface area contributed by atoms with Gasteiger partial charge in [-0.25, -0.2) is 4.79 Å². The summed E-state index contributed by atoms with van der Waals surface area (Å²) in [7, 11) is 1.36. The SMILES string of the molecule is COC(=O)c1ccc(/C=N\OCc2ccc(C(C)(C)C)cc2)cc1. The number of hydrogen-bond donors (Lipinski definition) is 0. The number of rotatable bonds is 5. The molecule has 0 unspecified atom stereocenters. The molecule has 0 aliphatic carbocycles. The number of nitrogens with zero attached hydrogens (tertiary/aromatic N) is 1. The molecule has 0 radical (unpaired) electrons. The summed E-state index contributed by atoms with van der Waals surface area (Å²) in [6, 6.07) is 15.3. The van der Waals surface area contributed by atoms with Gasteiger partial charge in [-0.1, -0.05) is 62.3 Å². The number of oxime groups is 1. The molecule has 0 aromatic heterocycles. The summed E-state index contributed by atoms with van der Waals surface area (Å²) >= 11 is 0. The molecule has 2 rings (SSSR count). The lowest BCUT2D eigenvalue weighted by Gasteiger charge is -2.18. The van der Waals surface area contributed by atoms with E-state index in [9.17, 15) is 4.79 Å². The van der Waals surface area contributed by atoms with Crippen molar-refractivity contribution in [3.63, 3.8) is 0 Å². The molecule has 24 heavy (non-hydrogen) atoms. The van der Waals surface area contributed by atoms with Crippen LogP contribution in [0.5, 0.6) is 0 Å². The van der Waals surface area contributed by atoms with E-state index in [1.165, 1.54) is 12.7 Å². The molecule has 0 atom stereocenters. The highest BCUT2D eigenvalue weighted by Crippen LogP contribution is 2.22. The predicted octanol–water partition coefficient (Wildman–Crippen LogP) is 4.32. The van der Waals surface area contributed by atoms with Crippen LogP contribution < -0.4 is 0 Å². The second-order valence-electron chi connectivity index (χ2n) is 6.57. The Hall–Kier alpha value is -2.62. The number of hydrogen-bond acceptors (Lipinski definition) is 4. The monoisotopic (exact) mass is 325 g/mol. The molecule has 2 aromatic carbocycles.